The topological polar surface area (TPSA) is 29.5 Å². The summed E-state index contributed by atoms with van der Waals surface area (Å²) in [6.45, 7) is 0.986. The quantitative estimate of drug-likeness (QED) is 0.614. The molecule has 2 rings (SSSR count). The van der Waals surface area contributed by atoms with Crippen LogP contribution in [-0.2, 0) is 9.53 Å². The van der Waals surface area contributed by atoms with Crippen LogP contribution in [0.25, 0.3) is 6.08 Å². The molecule has 0 amide bonds. The molecule has 0 aliphatic heterocycles. The summed E-state index contributed by atoms with van der Waals surface area (Å²) in [4.78, 5) is 14.2. The predicted octanol–water partition coefficient (Wildman–Crippen LogP) is 3.36. The normalized spacial score (nSPS) is 22.6. The van der Waals surface area contributed by atoms with Gasteiger partial charge < -0.3 is 9.64 Å². The molecule has 1 aromatic carbocycles. The fourth-order valence-electron chi connectivity index (χ4n) is 2.92. The fourth-order valence-corrected chi connectivity index (χ4v) is 2.92. The van der Waals surface area contributed by atoms with Gasteiger partial charge in [0.05, 0.1) is 0 Å². The molecule has 0 saturated heterocycles. The predicted molar refractivity (Wildman–Crippen MR) is 85.9 cm³/mol. The zero-order valence-electron chi connectivity index (χ0n) is 13.0. The van der Waals surface area contributed by atoms with Crippen molar-refractivity contribution in [1.82, 2.24) is 4.90 Å². The van der Waals surface area contributed by atoms with E-state index in [0.29, 0.717) is 5.92 Å². The van der Waals surface area contributed by atoms with E-state index in [1.807, 2.05) is 36.4 Å². The Hall–Kier alpha value is -1.61. The van der Waals surface area contributed by atoms with Gasteiger partial charge in [-0.2, -0.15) is 0 Å². The zero-order chi connectivity index (χ0) is 15.1. The summed E-state index contributed by atoms with van der Waals surface area (Å²) >= 11 is 0. The molecule has 1 aliphatic carbocycles. The number of rotatable bonds is 5. The second-order valence-corrected chi connectivity index (χ2v) is 6.03. The van der Waals surface area contributed by atoms with E-state index < -0.39 is 0 Å². The molecule has 0 spiro atoms. The molecule has 3 heteroatoms. The van der Waals surface area contributed by atoms with Crippen LogP contribution in [0, 0.1) is 5.92 Å². The Morgan fingerprint density at radius 1 is 1.24 bits per heavy atom. The Kier molecular flexibility index (Phi) is 6.00. The van der Waals surface area contributed by atoms with Gasteiger partial charge in [-0.25, -0.2) is 4.79 Å². The highest BCUT2D eigenvalue weighted by Gasteiger charge is 2.28. The molecule has 1 aliphatic rings. The van der Waals surface area contributed by atoms with Crippen molar-refractivity contribution in [2.75, 3.05) is 20.6 Å². The van der Waals surface area contributed by atoms with Gasteiger partial charge in [0.1, 0.15) is 6.10 Å². The standard InChI is InChI=1S/C18H25NO2/c1-19(2)14-16-10-6-7-11-17(16)21-18(20)13-12-15-8-4-3-5-9-15/h3-5,8-9,12-13,16-17H,6-7,10-11,14H2,1-2H3/b13-12+/t16-,17-/m0/s1. The van der Waals surface area contributed by atoms with Crippen LogP contribution in [0.3, 0.4) is 0 Å². The molecule has 0 unspecified atom stereocenters. The molecule has 0 N–H and O–H groups in total. The van der Waals surface area contributed by atoms with Crippen LogP contribution in [0.2, 0.25) is 0 Å². The SMILES string of the molecule is CN(C)C[C@@H]1CCCC[C@@H]1OC(=O)/C=C/c1ccccc1. The Morgan fingerprint density at radius 2 is 1.95 bits per heavy atom. The zero-order valence-corrected chi connectivity index (χ0v) is 13.0. The third-order valence-electron chi connectivity index (χ3n) is 3.92. The van der Waals surface area contributed by atoms with Crippen LogP contribution < -0.4 is 0 Å². The van der Waals surface area contributed by atoms with Crippen molar-refractivity contribution in [2.45, 2.75) is 31.8 Å². The van der Waals surface area contributed by atoms with E-state index in [1.165, 1.54) is 12.5 Å². The minimum atomic E-state index is -0.227. The Bertz CT molecular complexity index is 467. The van der Waals surface area contributed by atoms with E-state index in [4.69, 9.17) is 4.74 Å². The molecule has 0 bridgehead atoms. The van der Waals surface area contributed by atoms with Crippen molar-refractivity contribution < 1.29 is 9.53 Å². The van der Waals surface area contributed by atoms with E-state index >= 15 is 0 Å². The van der Waals surface area contributed by atoms with Gasteiger partial charge in [0, 0.05) is 18.5 Å². The molecular weight excluding hydrogens is 262 g/mol. The Morgan fingerprint density at radius 3 is 2.67 bits per heavy atom. The van der Waals surface area contributed by atoms with E-state index in [9.17, 15) is 4.79 Å². The highest BCUT2D eigenvalue weighted by molar-refractivity contribution is 5.87. The van der Waals surface area contributed by atoms with Gasteiger partial charge in [-0.05, 0) is 45.0 Å². The third kappa shape index (κ3) is 5.35. The highest BCUT2D eigenvalue weighted by atomic mass is 16.5. The molecule has 114 valence electrons. The fraction of sp³-hybridized carbons (Fsp3) is 0.500. The molecule has 0 radical (unpaired) electrons. The summed E-state index contributed by atoms with van der Waals surface area (Å²) in [6.07, 6.45) is 7.95. The van der Waals surface area contributed by atoms with Crippen molar-refractivity contribution >= 4 is 12.0 Å². The van der Waals surface area contributed by atoms with Crippen molar-refractivity contribution in [3.8, 4) is 0 Å². The minimum absolute atomic E-state index is 0.0640. The van der Waals surface area contributed by atoms with Gasteiger partial charge in [-0.1, -0.05) is 36.8 Å². The van der Waals surface area contributed by atoms with Crippen LogP contribution in [0.5, 0.6) is 0 Å². The lowest BCUT2D eigenvalue weighted by molar-refractivity contribution is -0.147. The highest BCUT2D eigenvalue weighted by Crippen LogP contribution is 2.27. The van der Waals surface area contributed by atoms with Crippen LogP contribution >= 0.6 is 0 Å². The maximum absolute atomic E-state index is 12.0. The van der Waals surface area contributed by atoms with Crippen LogP contribution in [0.15, 0.2) is 36.4 Å². The van der Waals surface area contributed by atoms with Gasteiger partial charge in [0.15, 0.2) is 0 Å². The molecule has 0 heterocycles. The van der Waals surface area contributed by atoms with Gasteiger partial charge >= 0.3 is 5.97 Å². The average Bonchev–Trinajstić information content (AvgIpc) is 2.48. The molecule has 0 aromatic heterocycles. The Balaban J connectivity index is 1.89. The van der Waals surface area contributed by atoms with E-state index in [2.05, 4.69) is 19.0 Å². The molecule has 3 nitrogen and oxygen atoms in total. The van der Waals surface area contributed by atoms with Crippen LogP contribution in [-0.4, -0.2) is 37.6 Å². The smallest absolute Gasteiger partial charge is 0.331 e. The number of benzene rings is 1. The molecule has 1 fully saturated rings. The van der Waals surface area contributed by atoms with E-state index in [1.54, 1.807) is 0 Å². The maximum atomic E-state index is 12.0. The van der Waals surface area contributed by atoms with Gasteiger partial charge in [0.25, 0.3) is 0 Å². The number of hydrogen-bond donors (Lipinski definition) is 0. The summed E-state index contributed by atoms with van der Waals surface area (Å²) in [5.41, 5.74) is 1.02. The first kappa shape index (κ1) is 15.8. The summed E-state index contributed by atoms with van der Waals surface area (Å²) in [5.74, 6) is 0.234. The number of hydrogen-bond acceptors (Lipinski definition) is 3. The number of ether oxygens (including phenoxy) is 1. The first-order valence-electron chi connectivity index (χ1n) is 7.73. The molecule has 1 saturated carbocycles. The van der Waals surface area contributed by atoms with Crippen LogP contribution in [0.4, 0.5) is 0 Å². The lowest BCUT2D eigenvalue weighted by Gasteiger charge is -2.32. The number of esters is 1. The van der Waals surface area contributed by atoms with Crippen molar-refractivity contribution in [2.24, 2.45) is 5.92 Å². The molecule has 21 heavy (non-hydrogen) atoms. The average molecular weight is 287 g/mol. The van der Waals surface area contributed by atoms with E-state index in [0.717, 1.165) is 31.4 Å². The van der Waals surface area contributed by atoms with Crippen molar-refractivity contribution in [3.63, 3.8) is 0 Å². The summed E-state index contributed by atoms with van der Waals surface area (Å²) in [6, 6.07) is 9.82. The maximum Gasteiger partial charge on any atom is 0.331 e. The van der Waals surface area contributed by atoms with Crippen molar-refractivity contribution in [3.05, 3.63) is 42.0 Å². The van der Waals surface area contributed by atoms with Gasteiger partial charge in [-0.15, -0.1) is 0 Å². The van der Waals surface area contributed by atoms with Gasteiger partial charge in [0.2, 0.25) is 0 Å². The second-order valence-electron chi connectivity index (χ2n) is 6.03. The first-order chi connectivity index (χ1) is 10.1. The lowest BCUT2D eigenvalue weighted by atomic mass is 9.86. The molecule has 1 aromatic rings. The lowest BCUT2D eigenvalue weighted by Crippen LogP contribution is -2.36. The second kappa shape index (κ2) is 7.99. The van der Waals surface area contributed by atoms with Crippen molar-refractivity contribution in [1.29, 1.82) is 0 Å². The summed E-state index contributed by atoms with van der Waals surface area (Å²) in [5, 5.41) is 0. The summed E-state index contributed by atoms with van der Waals surface area (Å²) < 4.78 is 5.67. The van der Waals surface area contributed by atoms with E-state index in [-0.39, 0.29) is 12.1 Å². The minimum Gasteiger partial charge on any atom is -0.459 e. The summed E-state index contributed by atoms with van der Waals surface area (Å²) in [7, 11) is 4.14. The van der Waals surface area contributed by atoms with Crippen LogP contribution in [0.1, 0.15) is 31.2 Å². The monoisotopic (exact) mass is 287 g/mol. The Labute approximate surface area is 127 Å². The van der Waals surface area contributed by atoms with Gasteiger partial charge in [-0.3, -0.25) is 0 Å². The molecule has 2 atom stereocenters. The number of carbonyl (C=O) groups is 1. The number of nitrogens with zero attached hydrogens (tertiary/aromatic N) is 1. The number of carbonyl (C=O) groups excluding carboxylic acids is 1. The molecular formula is C18H25NO2. The third-order valence-corrected chi connectivity index (χ3v) is 3.92. The first-order valence-corrected chi connectivity index (χ1v) is 7.73. The largest absolute Gasteiger partial charge is 0.459 e.